The lowest BCUT2D eigenvalue weighted by Gasteiger charge is -2.31. The van der Waals surface area contributed by atoms with Crippen molar-refractivity contribution in [2.75, 3.05) is 36.0 Å². The molecule has 1 aromatic heterocycles. The quantitative estimate of drug-likeness (QED) is 0.320. The number of nitriles is 1. The van der Waals surface area contributed by atoms with Gasteiger partial charge in [-0.2, -0.15) is 23.5 Å². The van der Waals surface area contributed by atoms with Gasteiger partial charge < -0.3 is 10.2 Å². The molecule has 3 fully saturated rings. The first-order chi connectivity index (χ1) is 21.5. The van der Waals surface area contributed by atoms with Crippen LogP contribution in [-0.2, 0) is 14.5 Å². The van der Waals surface area contributed by atoms with Crippen LogP contribution in [0.15, 0.2) is 59.1 Å². The van der Waals surface area contributed by atoms with Crippen LogP contribution in [0.1, 0.15) is 50.1 Å². The van der Waals surface area contributed by atoms with E-state index in [0.29, 0.717) is 38.0 Å². The minimum atomic E-state index is -4.47. The second-order valence-electron chi connectivity index (χ2n) is 12.1. The Morgan fingerprint density at radius 2 is 1.69 bits per heavy atom. The molecule has 3 aromatic rings. The van der Waals surface area contributed by atoms with E-state index in [4.69, 9.17) is 5.10 Å². The van der Waals surface area contributed by atoms with E-state index in [-0.39, 0.29) is 35.1 Å². The normalized spacial score (nSPS) is 22.3. The number of aromatic nitrogens is 2. The number of alkyl halides is 3. The Labute approximate surface area is 259 Å². The summed E-state index contributed by atoms with van der Waals surface area (Å²) in [6, 6.07) is 16.0. The number of carbonyl (C=O) groups is 1. The van der Waals surface area contributed by atoms with Crippen molar-refractivity contribution in [3.05, 3.63) is 66.2 Å². The highest BCUT2D eigenvalue weighted by Crippen LogP contribution is 2.43. The molecule has 2 atom stereocenters. The minimum absolute atomic E-state index is 0.0671. The Bertz CT molecular complexity index is 1700. The van der Waals surface area contributed by atoms with Gasteiger partial charge in [0.05, 0.1) is 27.2 Å². The number of carbonyl (C=O) groups excluding carboxylic acids is 1. The van der Waals surface area contributed by atoms with E-state index in [1.807, 2.05) is 35.4 Å². The Morgan fingerprint density at radius 3 is 2.31 bits per heavy atom. The van der Waals surface area contributed by atoms with Gasteiger partial charge in [0, 0.05) is 53.9 Å². The summed E-state index contributed by atoms with van der Waals surface area (Å²) in [6.45, 7) is -0.732. The number of halogens is 4. The summed E-state index contributed by atoms with van der Waals surface area (Å²) < 4.78 is 69.6. The topological polar surface area (TPSA) is 103 Å². The maximum atomic E-state index is 13.7. The predicted molar refractivity (Wildman–Crippen MR) is 163 cm³/mol. The number of nitrogens with one attached hydrogen (secondary N) is 1. The molecule has 6 rings (SSSR count). The minimum Gasteiger partial charge on any atom is -0.370 e. The number of amides is 1. The van der Waals surface area contributed by atoms with E-state index in [2.05, 4.69) is 15.7 Å². The lowest BCUT2D eigenvalue weighted by Crippen LogP contribution is -2.42. The fraction of sp³-hybridized carbons (Fsp3) is 0.469. The molecule has 1 saturated heterocycles. The zero-order valence-electron chi connectivity index (χ0n) is 24.6. The molecular weight excluding hydrogens is 608 g/mol. The Morgan fingerprint density at radius 1 is 1.04 bits per heavy atom. The Kier molecular flexibility index (Phi) is 8.37. The Balaban J connectivity index is 1.28. The maximum absolute atomic E-state index is 13.7. The van der Waals surface area contributed by atoms with Gasteiger partial charge in [0.2, 0.25) is 5.91 Å². The highest BCUT2D eigenvalue weighted by Gasteiger charge is 2.47. The fourth-order valence-corrected chi connectivity index (χ4v) is 8.10. The summed E-state index contributed by atoms with van der Waals surface area (Å²) in [7, 11) is -2.90. The van der Waals surface area contributed by atoms with Crippen LogP contribution in [-0.4, -0.2) is 62.8 Å². The number of hydrogen-bond acceptors (Lipinski definition) is 6. The third-order valence-electron chi connectivity index (χ3n) is 9.00. The van der Waals surface area contributed by atoms with E-state index in [1.165, 1.54) is 12.1 Å². The van der Waals surface area contributed by atoms with Crippen molar-refractivity contribution >= 4 is 21.3 Å². The first-order valence-electron chi connectivity index (χ1n) is 15.2. The van der Waals surface area contributed by atoms with E-state index in [1.54, 1.807) is 16.8 Å². The van der Waals surface area contributed by atoms with Gasteiger partial charge in [-0.15, -0.1) is 0 Å². The molecule has 2 heterocycles. The number of benzene rings is 2. The van der Waals surface area contributed by atoms with Gasteiger partial charge in [-0.1, -0.05) is 25.0 Å². The number of rotatable bonds is 7. The summed E-state index contributed by atoms with van der Waals surface area (Å²) in [5, 5.41) is 17.5. The predicted octanol–water partition coefficient (Wildman–Crippen LogP) is 5.97. The van der Waals surface area contributed by atoms with E-state index < -0.39 is 28.0 Å². The summed E-state index contributed by atoms with van der Waals surface area (Å²) in [6.07, 6.45) is 2.01. The molecule has 13 heteroatoms. The van der Waals surface area contributed by atoms with Crippen molar-refractivity contribution in [2.24, 2.45) is 10.3 Å². The molecule has 0 radical (unpaired) electrons. The third kappa shape index (κ3) is 7.01. The standard InChI is InChI=1S/C32H34F4N6O2S/c33-23-7-11-25(12-8-23)42-19-28(29(40-42)26-3-1-2-4-27(26)30(43)39-31(20-37)13-14-31)22-5-9-24(10-6-22)41-15-17-45(44,18-16-41)38-21-32(34,35)36/h5-12,19,26-27H,1-4,13-18,21H2,(H,39,43)/t26-,27-/m1/s1. The van der Waals surface area contributed by atoms with Crippen molar-refractivity contribution < 1.29 is 26.6 Å². The monoisotopic (exact) mass is 642 g/mol. The van der Waals surface area contributed by atoms with Crippen molar-refractivity contribution in [1.29, 1.82) is 5.26 Å². The van der Waals surface area contributed by atoms with Gasteiger partial charge in [-0.25, -0.2) is 17.6 Å². The Hall–Kier alpha value is -3.92. The SMILES string of the molecule is N#CC1(NC(=O)[C@@H]2CCCC[C@H]2c2nn(-c3ccc(F)cc3)cc2-c2ccc(N3CCS(=O)(=NCC(F)(F)F)CC3)cc2)CC1. The van der Waals surface area contributed by atoms with Crippen molar-refractivity contribution in [3.8, 4) is 22.9 Å². The maximum Gasteiger partial charge on any atom is 0.408 e. The largest absolute Gasteiger partial charge is 0.408 e. The molecule has 1 N–H and O–H groups in total. The highest BCUT2D eigenvalue weighted by molar-refractivity contribution is 7.93. The zero-order valence-corrected chi connectivity index (χ0v) is 25.4. The highest BCUT2D eigenvalue weighted by atomic mass is 32.2. The van der Waals surface area contributed by atoms with Crippen molar-refractivity contribution in [1.82, 2.24) is 15.1 Å². The van der Waals surface area contributed by atoms with Crippen LogP contribution in [0.3, 0.4) is 0 Å². The molecule has 2 saturated carbocycles. The summed E-state index contributed by atoms with van der Waals surface area (Å²) in [5.74, 6) is -0.875. The van der Waals surface area contributed by atoms with Gasteiger partial charge in [0.15, 0.2) is 0 Å². The van der Waals surface area contributed by atoms with Crippen LogP contribution in [0.5, 0.6) is 0 Å². The van der Waals surface area contributed by atoms with Crippen LogP contribution in [0.2, 0.25) is 0 Å². The van der Waals surface area contributed by atoms with Gasteiger partial charge in [-0.3, -0.25) is 4.79 Å². The van der Waals surface area contributed by atoms with E-state index >= 15 is 0 Å². The van der Waals surface area contributed by atoms with Crippen molar-refractivity contribution in [2.45, 2.75) is 56.2 Å². The molecule has 0 spiro atoms. The molecule has 238 valence electrons. The van der Waals surface area contributed by atoms with Crippen LogP contribution >= 0.6 is 0 Å². The average molecular weight is 643 g/mol. The zero-order chi connectivity index (χ0) is 31.8. The molecule has 45 heavy (non-hydrogen) atoms. The number of nitrogens with zero attached hydrogens (tertiary/aromatic N) is 5. The molecule has 8 nitrogen and oxygen atoms in total. The van der Waals surface area contributed by atoms with Gasteiger partial charge >= 0.3 is 6.18 Å². The van der Waals surface area contributed by atoms with Crippen LogP contribution in [0.4, 0.5) is 23.2 Å². The first kappa shape index (κ1) is 31.1. The van der Waals surface area contributed by atoms with Crippen molar-refractivity contribution in [3.63, 3.8) is 0 Å². The smallest absolute Gasteiger partial charge is 0.370 e. The first-order valence-corrected chi connectivity index (χ1v) is 17.0. The molecule has 0 unspecified atom stereocenters. The second kappa shape index (κ2) is 12.1. The average Bonchev–Trinajstić information content (AvgIpc) is 3.67. The third-order valence-corrected chi connectivity index (χ3v) is 11.2. The number of anilines is 1. The van der Waals surface area contributed by atoms with E-state index in [9.17, 15) is 31.8 Å². The summed E-state index contributed by atoms with van der Waals surface area (Å²) in [4.78, 5) is 15.5. The molecule has 1 amide bonds. The van der Waals surface area contributed by atoms with Crippen LogP contribution in [0.25, 0.3) is 16.8 Å². The molecule has 0 bridgehead atoms. The number of hydrogen-bond donors (Lipinski definition) is 1. The van der Waals surface area contributed by atoms with Crippen LogP contribution in [0, 0.1) is 23.1 Å². The molecule has 2 aliphatic carbocycles. The second-order valence-corrected chi connectivity index (χ2v) is 14.8. The van der Waals surface area contributed by atoms with Gasteiger partial charge in [0.1, 0.15) is 17.9 Å². The van der Waals surface area contributed by atoms with Crippen LogP contribution < -0.4 is 10.2 Å². The fourth-order valence-electron chi connectivity index (χ4n) is 6.25. The summed E-state index contributed by atoms with van der Waals surface area (Å²) >= 11 is 0. The van der Waals surface area contributed by atoms with Gasteiger partial charge in [-0.05, 0) is 67.6 Å². The van der Waals surface area contributed by atoms with Gasteiger partial charge in [0.25, 0.3) is 0 Å². The summed E-state index contributed by atoms with van der Waals surface area (Å²) in [5.41, 5.74) is 3.22. The lowest BCUT2D eigenvalue weighted by molar-refractivity contribution is -0.127. The lowest BCUT2D eigenvalue weighted by atomic mass is 9.75. The van der Waals surface area contributed by atoms with E-state index in [0.717, 1.165) is 41.8 Å². The molecular formula is C32H34F4N6O2S. The molecule has 3 aliphatic rings. The molecule has 2 aromatic carbocycles. The molecule has 1 aliphatic heterocycles.